The van der Waals surface area contributed by atoms with E-state index in [0.717, 1.165) is 11.1 Å². The van der Waals surface area contributed by atoms with Gasteiger partial charge in [0.15, 0.2) is 5.96 Å². The van der Waals surface area contributed by atoms with E-state index in [1.54, 1.807) is 18.4 Å². The summed E-state index contributed by atoms with van der Waals surface area (Å²) in [5.74, 6) is 0.675. The fraction of sp³-hybridized carbons (Fsp3) is 0.450. The first-order chi connectivity index (χ1) is 14.0. The molecule has 1 saturated heterocycles. The van der Waals surface area contributed by atoms with Crippen molar-refractivity contribution in [3.8, 4) is 0 Å². The number of ether oxygens (including phenoxy) is 1. The summed E-state index contributed by atoms with van der Waals surface area (Å²) in [6.45, 7) is 5.04. The highest BCUT2D eigenvalue weighted by Crippen LogP contribution is 2.17. The summed E-state index contributed by atoms with van der Waals surface area (Å²) < 4.78 is 32.4. The lowest BCUT2D eigenvalue weighted by Crippen LogP contribution is -2.41. The molecule has 0 unspecified atom stereocenters. The number of halogens is 1. The number of sulfonamides is 1. The van der Waals surface area contributed by atoms with Crippen LogP contribution < -0.4 is 10.6 Å². The molecule has 0 bridgehead atoms. The molecule has 1 aromatic heterocycles. The van der Waals surface area contributed by atoms with E-state index in [2.05, 4.69) is 34.0 Å². The minimum atomic E-state index is -3.37. The molecule has 0 spiro atoms. The number of nitrogens with zero attached hydrogens (tertiary/aromatic N) is 2. The highest BCUT2D eigenvalue weighted by molar-refractivity contribution is 14.0. The normalized spacial score (nSPS) is 15.5. The van der Waals surface area contributed by atoms with Gasteiger partial charge >= 0.3 is 0 Å². The highest BCUT2D eigenvalue weighted by atomic mass is 127. The molecule has 0 radical (unpaired) electrons. The first-order valence-electron chi connectivity index (χ1n) is 9.59. The molecule has 7 nitrogen and oxygen atoms in total. The Kier molecular flexibility index (Phi) is 10.0. The van der Waals surface area contributed by atoms with Crippen LogP contribution in [0.5, 0.6) is 0 Å². The van der Waals surface area contributed by atoms with E-state index in [1.165, 1.54) is 14.7 Å². The number of benzene rings is 1. The molecule has 1 aliphatic heterocycles. The summed E-state index contributed by atoms with van der Waals surface area (Å²) in [6, 6.07) is 9.73. The van der Waals surface area contributed by atoms with Crippen LogP contribution in [0.1, 0.15) is 21.6 Å². The van der Waals surface area contributed by atoms with Crippen LogP contribution in [0.4, 0.5) is 0 Å². The highest BCUT2D eigenvalue weighted by Gasteiger charge is 2.25. The van der Waals surface area contributed by atoms with Crippen molar-refractivity contribution in [3.63, 3.8) is 0 Å². The summed E-state index contributed by atoms with van der Waals surface area (Å²) in [6.07, 6.45) is 0. The van der Waals surface area contributed by atoms with Crippen molar-refractivity contribution in [2.45, 2.75) is 25.8 Å². The smallest absolute Gasteiger partial charge is 0.218 e. The first kappa shape index (κ1) is 25.1. The predicted molar refractivity (Wildman–Crippen MR) is 133 cm³/mol. The van der Waals surface area contributed by atoms with Gasteiger partial charge in [-0.25, -0.2) is 8.42 Å². The molecule has 2 aromatic rings. The van der Waals surface area contributed by atoms with Crippen LogP contribution in [0.3, 0.4) is 0 Å². The number of aliphatic imine (C=N–C) groups is 1. The maximum Gasteiger partial charge on any atom is 0.218 e. The van der Waals surface area contributed by atoms with Gasteiger partial charge in [0.2, 0.25) is 10.0 Å². The average molecular weight is 565 g/mol. The van der Waals surface area contributed by atoms with E-state index in [-0.39, 0.29) is 29.7 Å². The Morgan fingerprint density at radius 3 is 2.43 bits per heavy atom. The molecule has 1 fully saturated rings. The SMILES string of the molecule is CN=C(NCc1ccccc1CS(=O)(=O)N1CCOCC1)NCc1sccc1C.I. The van der Waals surface area contributed by atoms with E-state index in [0.29, 0.717) is 45.4 Å². The number of thiophene rings is 1. The van der Waals surface area contributed by atoms with Crippen molar-refractivity contribution in [3.05, 3.63) is 57.3 Å². The van der Waals surface area contributed by atoms with Gasteiger partial charge in [0, 0.05) is 31.6 Å². The zero-order valence-corrected chi connectivity index (χ0v) is 21.2. The number of hydrogen-bond acceptors (Lipinski definition) is 5. The second-order valence-corrected chi connectivity index (χ2v) is 9.81. The molecule has 1 aliphatic rings. The third-order valence-electron chi connectivity index (χ3n) is 4.87. The predicted octanol–water partition coefficient (Wildman–Crippen LogP) is 2.70. The lowest BCUT2D eigenvalue weighted by molar-refractivity contribution is 0.0729. The Hall–Kier alpha value is -1.21. The topological polar surface area (TPSA) is 83.0 Å². The summed E-state index contributed by atoms with van der Waals surface area (Å²) in [7, 11) is -1.64. The summed E-state index contributed by atoms with van der Waals surface area (Å²) in [5, 5.41) is 8.68. The lowest BCUT2D eigenvalue weighted by atomic mass is 10.1. The van der Waals surface area contributed by atoms with Crippen LogP contribution in [0.2, 0.25) is 0 Å². The molecule has 0 atom stereocenters. The molecule has 3 rings (SSSR count). The van der Waals surface area contributed by atoms with Crippen molar-refractivity contribution < 1.29 is 13.2 Å². The van der Waals surface area contributed by atoms with Crippen molar-refractivity contribution in [1.82, 2.24) is 14.9 Å². The lowest BCUT2D eigenvalue weighted by Gasteiger charge is -2.26. The van der Waals surface area contributed by atoms with Gasteiger partial charge in [-0.2, -0.15) is 4.31 Å². The largest absolute Gasteiger partial charge is 0.379 e. The van der Waals surface area contributed by atoms with Gasteiger partial charge in [0.05, 0.1) is 25.5 Å². The quantitative estimate of drug-likeness (QED) is 0.307. The van der Waals surface area contributed by atoms with Gasteiger partial charge in [-0.3, -0.25) is 4.99 Å². The molecule has 0 aliphatic carbocycles. The number of hydrogen-bond donors (Lipinski definition) is 2. The van der Waals surface area contributed by atoms with Crippen LogP contribution in [0.15, 0.2) is 40.7 Å². The minimum absolute atomic E-state index is 0. The van der Waals surface area contributed by atoms with Crippen LogP contribution >= 0.6 is 35.3 Å². The Balaban J connectivity index is 0.00000320. The third-order valence-corrected chi connectivity index (χ3v) is 7.72. The van der Waals surface area contributed by atoms with E-state index in [1.807, 2.05) is 24.3 Å². The molecule has 2 N–H and O–H groups in total. The monoisotopic (exact) mass is 564 g/mol. The second-order valence-electron chi connectivity index (χ2n) is 6.84. The molecule has 0 amide bonds. The maximum absolute atomic E-state index is 12.8. The van der Waals surface area contributed by atoms with E-state index in [4.69, 9.17) is 4.74 Å². The number of rotatable bonds is 7. The Morgan fingerprint density at radius 2 is 1.80 bits per heavy atom. The van der Waals surface area contributed by atoms with Gasteiger partial charge < -0.3 is 15.4 Å². The van der Waals surface area contributed by atoms with E-state index in [9.17, 15) is 8.42 Å². The van der Waals surface area contributed by atoms with Crippen molar-refractivity contribution >= 4 is 51.3 Å². The standard InChI is InChI=1S/C20H28N4O3S2.HI/c1-16-7-12-28-19(16)14-23-20(21-2)22-13-17-5-3-4-6-18(17)15-29(25,26)24-8-10-27-11-9-24;/h3-7,12H,8-11,13-15H2,1-2H3,(H2,21,22,23);1H. The fourth-order valence-electron chi connectivity index (χ4n) is 3.13. The number of nitrogens with one attached hydrogen (secondary N) is 2. The molecule has 1 aromatic carbocycles. The molecule has 0 saturated carbocycles. The van der Waals surface area contributed by atoms with E-state index >= 15 is 0 Å². The third kappa shape index (κ3) is 6.91. The Morgan fingerprint density at radius 1 is 1.13 bits per heavy atom. The van der Waals surface area contributed by atoms with Gasteiger partial charge in [0.1, 0.15) is 0 Å². The second kappa shape index (κ2) is 12.0. The summed E-state index contributed by atoms with van der Waals surface area (Å²) >= 11 is 1.71. The molecule has 10 heteroatoms. The van der Waals surface area contributed by atoms with Crippen LogP contribution in [0.25, 0.3) is 0 Å². The number of aryl methyl sites for hydroxylation is 1. The van der Waals surface area contributed by atoms with Crippen LogP contribution in [-0.2, 0) is 33.6 Å². The van der Waals surface area contributed by atoms with Crippen LogP contribution in [0, 0.1) is 6.92 Å². The van der Waals surface area contributed by atoms with Gasteiger partial charge in [-0.1, -0.05) is 24.3 Å². The average Bonchev–Trinajstić information content (AvgIpc) is 3.14. The minimum Gasteiger partial charge on any atom is -0.379 e. The van der Waals surface area contributed by atoms with Gasteiger partial charge in [0.25, 0.3) is 0 Å². The maximum atomic E-state index is 12.8. The Bertz CT molecular complexity index is 941. The van der Waals surface area contributed by atoms with Crippen LogP contribution in [-0.4, -0.2) is 52.0 Å². The number of morpholine rings is 1. The van der Waals surface area contributed by atoms with Gasteiger partial charge in [-0.05, 0) is 35.1 Å². The molecule has 166 valence electrons. The number of guanidine groups is 1. The molecule has 2 heterocycles. The Labute approximate surface area is 200 Å². The van der Waals surface area contributed by atoms with E-state index < -0.39 is 10.0 Å². The van der Waals surface area contributed by atoms with Gasteiger partial charge in [-0.15, -0.1) is 35.3 Å². The zero-order valence-electron chi connectivity index (χ0n) is 17.3. The van der Waals surface area contributed by atoms with Crippen molar-refractivity contribution in [2.75, 3.05) is 33.4 Å². The van der Waals surface area contributed by atoms with Crippen molar-refractivity contribution in [2.24, 2.45) is 4.99 Å². The molecular formula is C20H29IN4O3S2. The first-order valence-corrected chi connectivity index (χ1v) is 12.1. The molecule has 30 heavy (non-hydrogen) atoms. The fourth-order valence-corrected chi connectivity index (χ4v) is 5.54. The summed E-state index contributed by atoms with van der Waals surface area (Å²) in [4.78, 5) is 5.54. The van der Waals surface area contributed by atoms with Crippen molar-refractivity contribution in [1.29, 1.82) is 0 Å². The zero-order chi connectivity index (χ0) is 20.7. The summed E-state index contributed by atoms with van der Waals surface area (Å²) in [5.41, 5.74) is 3.01. The molecular weight excluding hydrogens is 535 g/mol.